The Morgan fingerprint density at radius 2 is 0.798 bits per heavy atom. The first-order valence-corrected chi connectivity index (χ1v) is 31.6. The van der Waals surface area contributed by atoms with Crippen LogP contribution in [0.15, 0.2) is 125 Å². The summed E-state index contributed by atoms with van der Waals surface area (Å²) < 4.78 is 149. The minimum atomic E-state index is -4.24. The highest BCUT2D eigenvalue weighted by molar-refractivity contribution is 7.90. The zero-order valence-corrected chi connectivity index (χ0v) is 49.9. The van der Waals surface area contributed by atoms with Gasteiger partial charge in [0, 0.05) is 73.0 Å². The Balaban J connectivity index is 0.000000147. The average Bonchev–Trinajstić information content (AvgIpc) is 1.87. The number of rotatable bonds is 12. The predicted molar refractivity (Wildman–Crippen MR) is 315 cm³/mol. The van der Waals surface area contributed by atoms with E-state index in [4.69, 9.17) is 34.8 Å². The maximum Gasteiger partial charge on any atom is 0.255 e. The van der Waals surface area contributed by atoms with Crippen molar-refractivity contribution in [3.05, 3.63) is 159 Å². The molecule has 9 N–H and O–H groups in total. The van der Waals surface area contributed by atoms with Gasteiger partial charge in [0.05, 0.1) is 62.8 Å². The highest BCUT2D eigenvalue weighted by atomic mass is 35.5. The molecular formula is C54H46Cl3F5N12O12S3. The van der Waals surface area contributed by atoms with Crippen LogP contribution in [0.5, 0.6) is 0 Å². The highest BCUT2D eigenvalue weighted by Crippen LogP contribution is 2.33. The molecule has 9 aromatic rings. The Morgan fingerprint density at radius 3 is 1.11 bits per heavy atom. The lowest BCUT2D eigenvalue weighted by Crippen LogP contribution is -2.53. The Kier molecular flexibility index (Phi) is 18.5. The van der Waals surface area contributed by atoms with Gasteiger partial charge >= 0.3 is 0 Å². The number of halogens is 8. The van der Waals surface area contributed by atoms with E-state index in [1.54, 1.807) is 0 Å². The summed E-state index contributed by atoms with van der Waals surface area (Å²) in [5.74, 6) is -3.85. The standard InChI is InChI=1S/C19H17ClF2N4O4S.C18H15ClF2N4O4S.C17H14ClFN4O4S/c20-12-7-11(1-2-13(12)21)25-19(28)10-5-15-18(24-9-23-15)17(6-10)31(29,30)26-4-3-16(27)14(22)8-26;19-11-5-10(1-2-12(11)20)24-18(27)9-3-14-17(23-8-22-14)16(4-9)30(28,29)25-6-13(21)15(26)7-25;18-12-5-10(1-2-13(12)19)22-17(25)9-3-14-16(21-8-20-14)15(4-9)28(26,27)23-6-11(24)7-23/h1-2,5-7,9,14,16,27H,3-4,8H2,(H,23,24)(H,25,28);1-5,8,13,15,26H,6-7H2,(H,22,23)(H,24,27);1-5,8,11,24H,6-7H2,(H,20,21)(H,22,25). The second-order valence-electron chi connectivity index (χ2n) is 20.2. The van der Waals surface area contributed by atoms with Gasteiger partial charge in [0.2, 0.25) is 30.1 Å². The molecule has 6 aromatic carbocycles. The van der Waals surface area contributed by atoms with Gasteiger partial charge in [0.1, 0.15) is 67.1 Å². The topological polar surface area (TPSA) is 346 Å². The number of imidazole rings is 3. The number of alkyl halides is 2. The fraction of sp³-hybridized carbons (Fsp3) is 0.222. The maximum absolute atomic E-state index is 14.0. The molecule has 35 heteroatoms. The zero-order valence-electron chi connectivity index (χ0n) is 45.2. The summed E-state index contributed by atoms with van der Waals surface area (Å²) in [6.45, 7) is -1.50. The molecule has 24 nitrogen and oxygen atoms in total. The second-order valence-corrected chi connectivity index (χ2v) is 27.1. The van der Waals surface area contributed by atoms with E-state index >= 15 is 0 Å². The smallest absolute Gasteiger partial charge is 0.255 e. The number of carbonyl (C=O) groups excluding carboxylic acids is 3. The summed E-state index contributed by atoms with van der Waals surface area (Å²) in [6.07, 6.45) is -2.95. The average molecular weight is 1350 g/mol. The lowest BCUT2D eigenvalue weighted by atomic mass is 10.1. The summed E-state index contributed by atoms with van der Waals surface area (Å²) in [5, 5.41) is 35.7. The van der Waals surface area contributed by atoms with Crippen molar-refractivity contribution in [2.24, 2.45) is 0 Å². The van der Waals surface area contributed by atoms with Crippen molar-refractivity contribution in [1.82, 2.24) is 42.8 Å². The first-order valence-electron chi connectivity index (χ1n) is 26.1. The van der Waals surface area contributed by atoms with Gasteiger partial charge in [-0.05, 0) is 97.4 Å². The number of H-pyrrole nitrogens is 3. The minimum absolute atomic E-state index is 0.00962. The number of aliphatic hydroxyl groups is 3. The normalized spacial score (nSPS) is 18.6. The van der Waals surface area contributed by atoms with Gasteiger partial charge in [-0.15, -0.1) is 0 Å². The first kappa shape index (κ1) is 64.3. The number of nitrogens with one attached hydrogen (secondary N) is 6. The second kappa shape index (κ2) is 25.6. The number of fused-ring (bicyclic) bond motifs is 3. The van der Waals surface area contributed by atoms with E-state index in [1.807, 2.05) is 0 Å². The molecule has 89 heavy (non-hydrogen) atoms. The number of hydrogen-bond donors (Lipinski definition) is 9. The fourth-order valence-corrected chi connectivity index (χ4v) is 14.9. The molecule has 4 unspecified atom stereocenters. The van der Waals surface area contributed by atoms with Crippen molar-refractivity contribution in [2.45, 2.75) is 51.8 Å². The number of aromatic nitrogens is 6. The van der Waals surface area contributed by atoms with Crippen LogP contribution in [-0.4, -0.2) is 171 Å². The molecule has 3 aliphatic rings. The number of β-amino-alcohol motifs (C(OH)–C–C–N with tert-alkyl or cyclic N) is 2. The molecule has 0 saturated carbocycles. The van der Waals surface area contributed by atoms with Crippen LogP contribution in [0.4, 0.5) is 39.0 Å². The molecule has 6 heterocycles. The van der Waals surface area contributed by atoms with E-state index in [2.05, 4.69) is 45.9 Å². The Morgan fingerprint density at radius 1 is 0.472 bits per heavy atom. The third kappa shape index (κ3) is 13.6. The van der Waals surface area contributed by atoms with Crippen molar-refractivity contribution in [1.29, 1.82) is 0 Å². The predicted octanol–water partition coefficient (Wildman–Crippen LogP) is 6.99. The fourth-order valence-electron chi connectivity index (χ4n) is 9.39. The summed E-state index contributed by atoms with van der Waals surface area (Å²) in [7, 11) is -12.4. The van der Waals surface area contributed by atoms with Gasteiger partial charge in [-0.25, -0.2) is 62.2 Å². The molecular weight excluding hydrogens is 1310 g/mol. The first-order chi connectivity index (χ1) is 42.1. The number of nitrogens with zero attached hydrogens (tertiary/aromatic N) is 6. The number of aromatic amines is 3. The number of carbonyl (C=O) groups is 3. The minimum Gasteiger partial charge on any atom is -0.390 e. The van der Waals surface area contributed by atoms with Gasteiger partial charge in [0.25, 0.3) is 17.7 Å². The number of anilines is 3. The van der Waals surface area contributed by atoms with Gasteiger partial charge in [0.15, 0.2) is 0 Å². The third-order valence-electron chi connectivity index (χ3n) is 14.1. The van der Waals surface area contributed by atoms with E-state index in [-0.39, 0.29) is 117 Å². The Labute approximate surface area is 515 Å². The number of sulfonamides is 3. The summed E-state index contributed by atoms with van der Waals surface area (Å²) >= 11 is 17.2. The zero-order chi connectivity index (χ0) is 64.0. The molecule has 3 aliphatic heterocycles. The van der Waals surface area contributed by atoms with Crippen LogP contribution >= 0.6 is 34.8 Å². The molecule has 3 fully saturated rings. The summed E-state index contributed by atoms with van der Waals surface area (Å²) in [4.78, 5) is 57.7. The van der Waals surface area contributed by atoms with Gasteiger partial charge in [-0.1, -0.05) is 34.8 Å². The van der Waals surface area contributed by atoms with E-state index in [1.165, 1.54) is 79.6 Å². The van der Waals surface area contributed by atoms with Crippen LogP contribution in [0.3, 0.4) is 0 Å². The molecule has 0 spiro atoms. The molecule has 0 bridgehead atoms. The van der Waals surface area contributed by atoms with Crippen LogP contribution in [0.25, 0.3) is 33.1 Å². The molecule has 3 saturated heterocycles. The van der Waals surface area contributed by atoms with Crippen LogP contribution in [0.1, 0.15) is 37.5 Å². The third-order valence-corrected chi connectivity index (χ3v) is 20.6. The molecule has 3 aromatic heterocycles. The van der Waals surface area contributed by atoms with Crippen LogP contribution in [0, 0.1) is 17.5 Å². The summed E-state index contributed by atoms with van der Waals surface area (Å²) in [5.41, 5.74) is 2.02. The number of benzene rings is 6. The molecule has 12 rings (SSSR count). The van der Waals surface area contributed by atoms with E-state index in [0.717, 1.165) is 43.2 Å². The van der Waals surface area contributed by atoms with Crippen molar-refractivity contribution in [2.75, 3.05) is 55.2 Å². The maximum atomic E-state index is 14.0. The van der Waals surface area contributed by atoms with Crippen molar-refractivity contribution in [3.8, 4) is 0 Å². The largest absolute Gasteiger partial charge is 0.390 e. The number of piperidine rings is 1. The van der Waals surface area contributed by atoms with E-state index in [0.29, 0.717) is 5.52 Å². The summed E-state index contributed by atoms with van der Waals surface area (Å²) in [6, 6.07) is 18.7. The van der Waals surface area contributed by atoms with Crippen molar-refractivity contribution >= 4 is 133 Å². The van der Waals surface area contributed by atoms with Crippen molar-refractivity contribution in [3.63, 3.8) is 0 Å². The van der Waals surface area contributed by atoms with Crippen molar-refractivity contribution < 1.29 is 76.9 Å². The van der Waals surface area contributed by atoms with Crippen LogP contribution in [0.2, 0.25) is 15.1 Å². The molecule has 468 valence electrons. The number of hydrogen-bond acceptors (Lipinski definition) is 15. The Hall–Kier alpha value is -7.73. The van der Waals surface area contributed by atoms with Gasteiger partial charge in [-0.3, -0.25) is 14.4 Å². The van der Waals surface area contributed by atoms with Crippen LogP contribution < -0.4 is 16.0 Å². The lowest BCUT2D eigenvalue weighted by Gasteiger charge is -2.34. The number of aliphatic hydroxyl groups excluding tert-OH is 3. The molecule has 3 amide bonds. The molecule has 0 aliphatic carbocycles. The lowest BCUT2D eigenvalue weighted by molar-refractivity contribution is 0.0303. The number of amides is 3. The molecule has 4 atom stereocenters. The Bertz CT molecular complexity index is 4610. The van der Waals surface area contributed by atoms with Gasteiger partial charge < -0.3 is 46.2 Å². The SMILES string of the molecule is O=C(Nc1ccc(F)c(Cl)c1)c1cc(S(=O)(=O)N2CC(O)C(F)C2)c2nc[nH]c2c1.O=C(Nc1ccc(F)c(Cl)c1)c1cc(S(=O)(=O)N2CC(O)C2)c2nc[nH]c2c1.O=C(Nc1ccc(F)c(Cl)c1)c1cc(S(=O)(=O)N2CCC(O)C(F)C2)c2nc[nH]c2c1. The van der Waals surface area contributed by atoms with E-state index in [9.17, 15) is 76.9 Å². The van der Waals surface area contributed by atoms with Crippen LogP contribution in [-0.2, 0) is 30.1 Å². The van der Waals surface area contributed by atoms with E-state index < -0.39 is 116 Å². The highest BCUT2D eigenvalue weighted by Gasteiger charge is 2.41. The monoisotopic (exact) mass is 1350 g/mol. The quantitative estimate of drug-likeness (QED) is 0.0557. The molecule has 0 radical (unpaired) electrons. The van der Waals surface area contributed by atoms with Gasteiger partial charge in [-0.2, -0.15) is 12.9 Å².